The van der Waals surface area contributed by atoms with E-state index in [9.17, 15) is 4.91 Å². The van der Waals surface area contributed by atoms with E-state index in [4.69, 9.17) is 9.47 Å². The molecule has 0 fully saturated rings. The van der Waals surface area contributed by atoms with E-state index >= 15 is 0 Å². The highest BCUT2D eigenvalue weighted by Gasteiger charge is 2.27. The number of nitroso groups, excluding NO2 is 1. The van der Waals surface area contributed by atoms with Crippen LogP contribution >= 0.6 is 0 Å². The van der Waals surface area contributed by atoms with Gasteiger partial charge in [0, 0.05) is 0 Å². The maximum Gasteiger partial charge on any atom is 0.161 e. The molecule has 0 saturated heterocycles. The Morgan fingerprint density at radius 3 is 2.62 bits per heavy atom. The van der Waals surface area contributed by atoms with E-state index in [-0.39, 0.29) is 6.04 Å². The topological polar surface area (TPSA) is 47.9 Å². The lowest BCUT2D eigenvalue weighted by atomic mass is 9.96. The first-order valence-electron chi connectivity index (χ1n) is 7.51. The molecule has 0 bridgehead atoms. The van der Waals surface area contributed by atoms with Gasteiger partial charge in [-0.1, -0.05) is 30.2 Å². The highest BCUT2D eigenvalue weighted by Crippen LogP contribution is 2.41. The summed E-state index contributed by atoms with van der Waals surface area (Å²) in [7, 11) is 3.24. The first-order valence-corrected chi connectivity index (χ1v) is 7.51. The molecule has 1 aromatic rings. The van der Waals surface area contributed by atoms with E-state index in [1.807, 2.05) is 18.2 Å². The van der Waals surface area contributed by atoms with E-state index in [0.717, 1.165) is 43.2 Å². The summed E-state index contributed by atoms with van der Waals surface area (Å²) in [5, 5.41) is 3.32. The minimum Gasteiger partial charge on any atom is -0.493 e. The molecule has 114 valence electrons. The van der Waals surface area contributed by atoms with Crippen LogP contribution < -0.4 is 9.47 Å². The summed E-state index contributed by atoms with van der Waals surface area (Å²) in [5.74, 6) is 1.39. The first-order chi connectivity index (χ1) is 10.2. The quantitative estimate of drug-likeness (QED) is 0.690. The Morgan fingerprint density at radius 1 is 1.24 bits per heavy atom. The highest BCUT2D eigenvalue weighted by molar-refractivity contribution is 5.76. The Labute approximate surface area is 126 Å². The van der Waals surface area contributed by atoms with Crippen molar-refractivity contribution in [3.8, 4) is 11.5 Å². The summed E-state index contributed by atoms with van der Waals surface area (Å²) in [6, 6.07) is 5.60. The number of nitrogens with zero attached hydrogens (tertiary/aromatic N) is 1. The van der Waals surface area contributed by atoms with Crippen molar-refractivity contribution in [3.05, 3.63) is 34.2 Å². The predicted octanol–water partition coefficient (Wildman–Crippen LogP) is 4.58. The van der Waals surface area contributed by atoms with Crippen molar-refractivity contribution in [2.45, 2.75) is 45.1 Å². The van der Waals surface area contributed by atoms with Gasteiger partial charge in [-0.25, -0.2) is 0 Å². The van der Waals surface area contributed by atoms with Crippen LogP contribution in [0.3, 0.4) is 0 Å². The minimum atomic E-state index is -0.227. The second kappa shape index (κ2) is 7.25. The first kappa shape index (κ1) is 15.5. The van der Waals surface area contributed by atoms with Gasteiger partial charge < -0.3 is 9.47 Å². The second-order valence-electron chi connectivity index (χ2n) is 5.35. The maximum absolute atomic E-state index is 11.1. The summed E-state index contributed by atoms with van der Waals surface area (Å²) in [4.78, 5) is 11.1. The number of ether oxygens (including phenoxy) is 2. The van der Waals surface area contributed by atoms with E-state index < -0.39 is 0 Å². The molecule has 1 aliphatic rings. The molecule has 0 heterocycles. The van der Waals surface area contributed by atoms with Gasteiger partial charge in [0.25, 0.3) is 0 Å². The largest absolute Gasteiger partial charge is 0.493 e. The van der Waals surface area contributed by atoms with Crippen molar-refractivity contribution in [1.82, 2.24) is 0 Å². The lowest BCUT2D eigenvalue weighted by molar-refractivity contribution is 0.355. The van der Waals surface area contributed by atoms with E-state index in [1.54, 1.807) is 14.2 Å². The van der Waals surface area contributed by atoms with Crippen LogP contribution in [0.15, 0.2) is 28.9 Å². The van der Waals surface area contributed by atoms with E-state index in [0.29, 0.717) is 11.5 Å². The van der Waals surface area contributed by atoms with Crippen molar-refractivity contribution in [3.63, 3.8) is 0 Å². The van der Waals surface area contributed by atoms with Crippen LogP contribution in [0.5, 0.6) is 11.5 Å². The van der Waals surface area contributed by atoms with Crippen LogP contribution in [0.4, 0.5) is 0 Å². The molecule has 1 aromatic carbocycles. The maximum atomic E-state index is 11.1. The number of rotatable bonds is 7. The van der Waals surface area contributed by atoms with Crippen LogP contribution in [0.25, 0.3) is 5.57 Å². The van der Waals surface area contributed by atoms with Crippen LogP contribution in [0.1, 0.15) is 44.6 Å². The van der Waals surface area contributed by atoms with Gasteiger partial charge in [-0.15, -0.1) is 0 Å². The van der Waals surface area contributed by atoms with Crippen molar-refractivity contribution >= 4 is 5.57 Å². The molecule has 1 atom stereocenters. The lowest BCUT2D eigenvalue weighted by Gasteiger charge is -2.14. The zero-order chi connectivity index (χ0) is 15.2. The van der Waals surface area contributed by atoms with Crippen molar-refractivity contribution in [1.29, 1.82) is 0 Å². The lowest BCUT2D eigenvalue weighted by Crippen LogP contribution is -2.02. The molecule has 2 rings (SSSR count). The van der Waals surface area contributed by atoms with Gasteiger partial charge in [-0.2, -0.15) is 4.91 Å². The Morgan fingerprint density at radius 2 is 2.00 bits per heavy atom. The van der Waals surface area contributed by atoms with Gasteiger partial charge in [0.05, 0.1) is 14.2 Å². The summed E-state index contributed by atoms with van der Waals surface area (Å²) >= 11 is 0. The zero-order valence-electron chi connectivity index (χ0n) is 13.0. The number of hydrogen-bond donors (Lipinski definition) is 0. The van der Waals surface area contributed by atoms with E-state index in [2.05, 4.69) is 12.1 Å². The fourth-order valence-electron chi connectivity index (χ4n) is 2.98. The fraction of sp³-hybridized carbons (Fsp3) is 0.529. The van der Waals surface area contributed by atoms with Crippen molar-refractivity contribution in [2.24, 2.45) is 5.18 Å². The molecular formula is C17H23NO3. The van der Waals surface area contributed by atoms with Gasteiger partial charge in [0.1, 0.15) is 6.04 Å². The van der Waals surface area contributed by atoms with Gasteiger partial charge in [0.2, 0.25) is 0 Å². The van der Waals surface area contributed by atoms with Crippen molar-refractivity contribution in [2.75, 3.05) is 14.2 Å². The second-order valence-corrected chi connectivity index (χ2v) is 5.35. The molecule has 1 aliphatic carbocycles. The van der Waals surface area contributed by atoms with Gasteiger partial charge in [-0.05, 0) is 49.0 Å². The number of allylic oxidation sites excluding steroid dienone is 1. The molecule has 0 saturated carbocycles. The molecule has 4 heteroatoms. The van der Waals surface area contributed by atoms with Crippen LogP contribution in [0, 0.1) is 4.91 Å². The monoisotopic (exact) mass is 289 g/mol. The standard InChI is InChI=1S/C17H23NO3/c1-4-5-6-12-7-9-14(18-19)17(12)13-8-10-15(20-2)16(11-13)21-3/h8,10-11,14H,4-7,9H2,1-3H3. The summed E-state index contributed by atoms with van der Waals surface area (Å²) < 4.78 is 10.6. The smallest absolute Gasteiger partial charge is 0.161 e. The van der Waals surface area contributed by atoms with E-state index in [1.165, 1.54) is 5.57 Å². The van der Waals surface area contributed by atoms with Gasteiger partial charge >= 0.3 is 0 Å². The Hall–Kier alpha value is -1.84. The normalized spacial score (nSPS) is 18.0. The van der Waals surface area contributed by atoms with Crippen LogP contribution in [0.2, 0.25) is 0 Å². The molecule has 0 radical (unpaired) electrons. The van der Waals surface area contributed by atoms with Crippen molar-refractivity contribution < 1.29 is 9.47 Å². The number of methoxy groups -OCH3 is 2. The van der Waals surface area contributed by atoms with Crippen LogP contribution in [-0.4, -0.2) is 20.3 Å². The summed E-state index contributed by atoms with van der Waals surface area (Å²) in [6.45, 7) is 2.18. The zero-order valence-corrected chi connectivity index (χ0v) is 13.0. The molecule has 1 unspecified atom stereocenters. The van der Waals surface area contributed by atoms with Crippen LogP contribution in [-0.2, 0) is 0 Å². The molecule has 21 heavy (non-hydrogen) atoms. The average Bonchev–Trinajstić information content (AvgIpc) is 2.95. The number of hydrogen-bond acceptors (Lipinski definition) is 4. The predicted molar refractivity (Wildman–Crippen MR) is 84.8 cm³/mol. The molecule has 0 aromatic heterocycles. The average molecular weight is 289 g/mol. The molecular weight excluding hydrogens is 266 g/mol. The van der Waals surface area contributed by atoms with Gasteiger partial charge in [0.15, 0.2) is 11.5 Å². The SMILES string of the molecule is CCCCC1=C(c2ccc(OC)c(OC)c2)C(N=O)CC1. The minimum absolute atomic E-state index is 0.227. The van der Waals surface area contributed by atoms with Gasteiger partial charge in [-0.3, -0.25) is 0 Å². The highest BCUT2D eigenvalue weighted by atomic mass is 16.5. The number of unbranched alkanes of at least 4 members (excludes halogenated alkanes) is 1. The summed E-state index contributed by atoms with van der Waals surface area (Å²) in [6.07, 6.45) is 5.15. The Balaban J connectivity index is 2.41. The molecule has 0 spiro atoms. The molecule has 0 amide bonds. The summed E-state index contributed by atoms with van der Waals surface area (Å²) in [5.41, 5.74) is 3.49. The Kier molecular flexibility index (Phi) is 5.37. The third-order valence-electron chi connectivity index (χ3n) is 4.09. The Bertz CT molecular complexity index is 537. The number of benzene rings is 1. The molecule has 0 N–H and O–H groups in total. The molecule has 4 nitrogen and oxygen atoms in total. The third kappa shape index (κ3) is 3.26. The fourth-order valence-corrected chi connectivity index (χ4v) is 2.98. The third-order valence-corrected chi connectivity index (χ3v) is 4.09. The molecule has 0 aliphatic heterocycles.